The van der Waals surface area contributed by atoms with E-state index < -0.39 is 23.4 Å². The van der Waals surface area contributed by atoms with Crippen molar-refractivity contribution in [2.24, 2.45) is 11.6 Å². The zero-order valence-corrected chi connectivity index (χ0v) is 18.8. The van der Waals surface area contributed by atoms with Gasteiger partial charge in [0.25, 0.3) is 0 Å². The second kappa shape index (κ2) is 10.3. The van der Waals surface area contributed by atoms with Crippen molar-refractivity contribution < 1.29 is 27.5 Å². The molecule has 0 radical (unpaired) electrons. The van der Waals surface area contributed by atoms with Crippen molar-refractivity contribution in [3.63, 3.8) is 0 Å². The predicted octanol–water partition coefficient (Wildman–Crippen LogP) is 3.66. The SMILES string of the molecule is CCOC(=O)c1cnn(-c2ccc(/C(N)=C/N(N)c3ccccc3NC(C)=O)cc2)c1C(F)(F)F. The van der Waals surface area contributed by atoms with Gasteiger partial charge in [0.2, 0.25) is 5.91 Å². The van der Waals surface area contributed by atoms with Crippen LogP contribution in [0.2, 0.25) is 0 Å². The fraction of sp³-hybridized carbons (Fsp3) is 0.174. The quantitative estimate of drug-likeness (QED) is 0.263. The van der Waals surface area contributed by atoms with Gasteiger partial charge in [-0.1, -0.05) is 24.3 Å². The lowest BCUT2D eigenvalue weighted by Gasteiger charge is -2.19. The molecule has 1 amide bonds. The zero-order chi connectivity index (χ0) is 25.8. The van der Waals surface area contributed by atoms with Crippen LogP contribution in [0.15, 0.2) is 60.9 Å². The highest BCUT2D eigenvalue weighted by molar-refractivity contribution is 5.93. The summed E-state index contributed by atoms with van der Waals surface area (Å²) in [5, 5.41) is 7.62. The normalized spacial score (nSPS) is 11.8. The number of esters is 1. The fourth-order valence-corrected chi connectivity index (χ4v) is 3.26. The van der Waals surface area contributed by atoms with Crippen molar-refractivity contribution in [2.75, 3.05) is 16.9 Å². The molecule has 0 aliphatic carbocycles. The van der Waals surface area contributed by atoms with Gasteiger partial charge >= 0.3 is 12.1 Å². The van der Waals surface area contributed by atoms with E-state index >= 15 is 0 Å². The minimum atomic E-state index is -4.85. The van der Waals surface area contributed by atoms with Crippen LogP contribution in [-0.2, 0) is 15.7 Å². The maximum Gasteiger partial charge on any atom is 0.434 e. The van der Waals surface area contributed by atoms with E-state index in [0.717, 1.165) is 6.20 Å². The van der Waals surface area contributed by atoms with Gasteiger partial charge in [0.05, 0.1) is 35.6 Å². The van der Waals surface area contributed by atoms with Gasteiger partial charge in [-0.15, -0.1) is 0 Å². The summed E-state index contributed by atoms with van der Waals surface area (Å²) in [6.07, 6.45) is -2.62. The second-order valence-corrected chi connectivity index (χ2v) is 7.27. The third-order valence-corrected chi connectivity index (χ3v) is 4.75. The van der Waals surface area contributed by atoms with E-state index in [9.17, 15) is 22.8 Å². The summed E-state index contributed by atoms with van der Waals surface area (Å²) >= 11 is 0. The monoisotopic (exact) mass is 488 g/mol. The van der Waals surface area contributed by atoms with Crippen molar-refractivity contribution in [3.8, 4) is 5.69 Å². The Bertz CT molecular complexity index is 1250. The Labute approximate surface area is 198 Å². The molecule has 184 valence electrons. The number of ether oxygens (including phenoxy) is 1. The average Bonchev–Trinajstić information content (AvgIpc) is 3.25. The van der Waals surface area contributed by atoms with Crippen LogP contribution < -0.4 is 21.9 Å². The van der Waals surface area contributed by atoms with E-state index in [1.807, 2.05) is 0 Å². The number of anilines is 2. The minimum Gasteiger partial charge on any atom is -0.462 e. The summed E-state index contributed by atoms with van der Waals surface area (Å²) < 4.78 is 46.5. The van der Waals surface area contributed by atoms with Crippen LogP contribution in [0.4, 0.5) is 24.5 Å². The Morgan fingerprint density at radius 2 is 1.83 bits per heavy atom. The Morgan fingerprint density at radius 1 is 1.17 bits per heavy atom. The summed E-state index contributed by atoms with van der Waals surface area (Å²) in [5.41, 5.74) is 5.89. The molecule has 9 nitrogen and oxygen atoms in total. The molecular weight excluding hydrogens is 465 g/mol. The number of hydrogen-bond acceptors (Lipinski definition) is 7. The molecule has 0 fully saturated rings. The molecule has 0 saturated carbocycles. The van der Waals surface area contributed by atoms with E-state index in [1.165, 1.54) is 49.3 Å². The summed E-state index contributed by atoms with van der Waals surface area (Å²) in [6.45, 7) is 2.78. The number of aromatic nitrogens is 2. The number of amides is 1. The number of hydrogen-bond donors (Lipinski definition) is 3. The molecule has 0 aliphatic heterocycles. The number of carbonyl (C=O) groups excluding carboxylic acids is 2. The predicted molar refractivity (Wildman–Crippen MR) is 124 cm³/mol. The lowest BCUT2D eigenvalue weighted by Crippen LogP contribution is -2.27. The first kappa shape index (κ1) is 25.3. The molecule has 0 unspecified atom stereocenters. The number of nitrogens with one attached hydrogen (secondary N) is 1. The highest BCUT2D eigenvalue weighted by atomic mass is 19.4. The maximum atomic E-state index is 13.7. The highest BCUT2D eigenvalue weighted by Crippen LogP contribution is 2.34. The number of nitrogens with two attached hydrogens (primary N) is 2. The third kappa shape index (κ3) is 5.79. The van der Waals surface area contributed by atoms with Crippen molar-refractivity contribution in [2.45, 2.75) is 20.0 Å². The number of halogens is 3. The van der Waals surface area contributed by atoms with Gasteiger partial charge in [0, 0.05) is 13.1 Å². The molecule has 2 aromatic carbocycles. The van der Waals surface area contributed by atoms with Crippen LogP contribution in [-0.4, -0.2) is 28.3 Å². The standard InChI is InChI=1S/C23H23F3N6O3/c1-3-35-22(34)17-12-29-32(21(17)23(24,25)26)16-10-8-15(9-11-16)18(27)13-31(28)20-7-5-4-6-19(20)30-14(2)33/h4-13H,3,27-28H2,1-2H3,(H,30,33)/b18-13-. The first-order valence-electron chi connectivity index (χ1n) is 10.3. The average molecular weight is 488 g/mol. The van der Waals surface area contributed by atoms with Gasteiger partial charge in [0.1, 0.15) is 5.56 Å². The number of benzene rings is 2. The summed E-state index contributed by atoms with van der Waals surface area (Å²) in [4.78, 5) is 23.4. The molecule has 1 heterocycles. The molecule has 12 heteroatoms. The Kier molecular flexibility index (Phi) is 7.45. The molecule has 0 atom stereocenters. The van der Waals surface area contributed by atoms with Gasteiger partial charge in [-0.3, -0.25) is 9.80 Å². The highest BCUT2D eigenvalue weighted by Gasteiger charge is 2.41. The molecule has 35 heavy (non-hydrogen) atoms. The Balaban J connectivity index is 1.91. The van der Waals surface area contributed by atoms with Gasteiger partial charge in [-0.05, 0) is 36.8 Å². The molecule has 5 N–H and O–H groups in total. The maximum absolute atomic E-state index is 13.7. The number of hydrazine groups is 1. The van der Waals surface area contributed by atoms with Crippen LogP contribution in [0.1, 0.15) is 35.5 Å². The van der Waals surface area contributed by atoms with Gasteiger partial charge in [0.15, 0.2) is 5.69 Å². The van der Waals surface area contributed by atoms with Gasteiger partial charge in [-0.2, -0.15) is 18.3 Å². The first-order chi connectivity index (χ1) is 16.5. The van der Waals surface area contributed by atoms with E-state index in [-0.39, 0.29) is 23.9 Å². The largest absolute Gasteiger partial charge is 0.462 e. The minimum absolute atomic E-state index is 0.0602. The van der Waals surface area contributed by atoms with E-state index in [2.05, 4.69) is 10.4 Å². The zero-order valence-electron chi connectivity index (χ0n) is 18.8. The van der Waals surface area contributed by atoms with E-state index in [0.29, 0.717) is 21.6 Å². The second-order valence-electron chi connectivity index (χ2n) is 7.27. The molecule has 0 saturated heterocycles. The third-order valence-electron chi connectivity index (χ3n) is 4.75. The van der Waals surface area contributed by atoms with Crippen molar-refractivity contribution in [1.82, 2.24) is 9.78 Å². The summed E-state index contributed by atoms with van der Waals surface area (Å²) in [6, 6.07) is 12.5. The van der Waals surface area contributed by atoms with Gasteiger partial charge < -0.3 is 15.8 Å². The van der Waals surface area contributed by atoms with Crippen molar-refractivity contribution >= 4 is 28.9 Å². The fourth-order valence-electron chi connectivity index (χ4n) is 3.26. The van der Waals surface area contributed by atoms with Crippen LogP contribution in [0.25, 0.3) is 11.4 Å². The molecule has 0 aliphatic rings. The van der Waals surface area contributed by atoms with Crippen LogP contribution in [0, 0.1) is 0 Å². The molecule has 3 aromatic rings. The lowest BCUT2D eigenvalue weighted by molar-refractivity contribution is -0.143. The molecule has 1 aromatic heterocycles. The molecular formula is C23H23F3N6O3. The van der Waals surface area contributed by atoms with Crippen molar-refractivity contribution in [3.05, 3.63) is 77.7 Å². The Hall–Kier alpha value is -4.32. The number of para-hydroxylation sites is 2. The number of rotatable bonds is 7. The van der Waals surface area contributed by atoms with Crippen LogP contribution >= 0.6 is 0 Å². The van der Waals surface area contributed by atoms with Crippen LogP contribution in [0.3, 0.4) is 0 Å². The number of nitrogens with zero attached hydrogens (tertiary/aromatic N) is 3. The summed E-state index contributed by atoms with van der Waals surface area (Å²) in [5.74, 6) is 4.71. The molecule has 3 rings (SSSR count). The van der Waals surface area contributed by atoms with Gasteiger partial charge in [-0.25, -0.2) is 15.3 Å². The first-order valence-corrected chi connectivity index (χ1v) is 10.3. The smallest absolute Gasteiger partial charge is 0.434 e. The van der Waals surface area contributed by atoms with Crippen LogP contribution in [0.5, 0.6) is 0 Å². The number of carbonyl (C=O) groups is 2. The van der Waals surface area contributed by atoms with E-state index in [4.69, 9.17) is 16.3 Å². The Morgan fingerprint density at radius 3 is 2.43 bits per heavy atom. The topological polar surface area (TPSA) is 128 Å². The molecule has 0 bridgehead atoms. The molecule has 0 spiro atoms. The summed E-state index contributed by atoms with van der Waals surface area (Å²) in [7, 11) is 0. The lowest BCUT2D eigenvalue weighted by atomic mass is 10.1. The number of alkyl halides is 3. The van der Waals surface area contributed by atoms with Crippen molar-refractivity contribution in [1.29, 1.82) is 0 Å². The van der Waals surface area contributed by atoms with E-state index in [1.54, 1.807) is 24.3 Å².